The Bertz CT molecular complexity index is 769. The molecule has 0 aliphatic heterocycles. The minimum Gasteiger partial charge on any atom is -0.383 e. The minimum atomic E-state index is -3.65. The number of carbonyl (C=O) groups is 1. The summed E-state index contributed by atoms with van der Waals surface area (Å²) >= 11 is 0. The number of hydrogen-bond acceptors (Lipinski definition) is 5. The van der Waals surface area contributed by atoms with Crippen molar-refractivity contribution in [2.45, 2.75) is 11.8 Å². The predicted octanol–water partition coefficient (Wildman–Crippen LogP) is 2.06. The van der Waals surface area contributed by atoms with Gasteiger partial charge >= 0.3 is 0 Å². The summed E-state index contributed by atoms with van der Waals surface area (Å²) < 4.78 is 22.3. The number of sulfonamides is 1. The third kappa shape index (κ3) is 5.08. The van der Waals surface area contributed by atoms with Crippen LogP contribution in [0.25, 0.3) is 0 Å². The van der Waals surface area contributed by atoms with Crippen molar-refractivity contribution in [3.05, 3.63) is 54.1 Å². The lowest BCUT2D eigenvalue weighted by Gasteiger charge is -2.09. The van der Waals surface area contributed by atoms with Crippen molar-refractivity contribution >= 4 is 27.2 Å². The van der Waals surface area contributed by atoms with Gasteiger partial charge in [-0.25, -0.2) is 13.6 Å². The molecule has 0 unspecified atom stereocenters. The van der Waals surface area contributed by atoms with Gasteiger partial charge in [-0.3, -0.25) is 4.79 Å². The summed E-state index contributed by atoms with van der Waals surface area (Å²) in [4.78, 5) is 11.3. The van der Waals surface area contributed by atoms with Gasteiger partial charge in [0, 0.05) is 30.0 Å². The molecule has 0 spiro atoms. The van der Waals surface area contributed by atoms with Crippen LogP contribution >= 0.6 is 0 Å². The lowest BCUT2D eigenvalue weighted by Crippen LogP contribution is -2.14. The van der Waals surface area contributed by atoms with Crippen molar-refractivity contribution in [1.29, 1.82) is 0 Å². The molecule has 0 aliphatic rings. The van der Waals surface area contributed by atoms with Crippen LogP contribution in [-0.4, -0.2) is 27.3 Å². The molecule has 0 amide bonds. The molecule has 122 valence electrons. The highest BCUT2D eigenvalue weighted by Crippen LogP contribution is 2.13. The molecule has 23 heavy (non-hydrogen) atoms. The van der Waals surface area contributed by atoms with Gasteiger partial charge in [0.1, 0.15) is 0 Å². The van der Waals surface area contributed by atoms with Gasteiger partial charge in [0.25, 0.3) is 0 Å². The fourth-order valence-electron chi connectivity index (χ4n) is 2.00. The monoisotopic (exact) mass is 333 g/mol. The van der Waals surface area contributed by atoms with Crippen molar-refractivity contribution in [3.63, 3.8) is 0 Å². The summed E-state index contributed by atoms with van der Waals surface area (Å²) in [6, 6.07) is 13.5. The maximum atomic E-state index is 11.2. The van der Waals surface area contributed by atoms with Gasteiger partial charge in [0.05, 0.1) is 4.90 Å². The van der Waals surface area contributed by atoms with Crippen LogP contribution in [0.15, 0.2) is 53.4 Å². The summed E-state index contributed by atoms with van der Waals surface area (Å²) in [5, 5.41) is 11.4. The standard InChI is InChI=1S/C16H19N3O3S/c1-12(20)13-2-4-14(5-3-13)18-10-11-19-15-6-8-16(9-7-15)23(17,21)22/h2-9,18-19H,10-11H2,1H3,(H2,17,21,22). The second kappa shape index (κ2) is 7.26. The number of nitrogens with two attached hydrogens (primary N) is 1. The smallest absolute Gasteiger partial charge is 0.238 e. The highest BCUT2D eigenvalue weighted by Gasteiger charge is 2.06. The lowest BCUT2D eigenvalue weighted by atomic mass is 10.1. The lowest BCUT2D eigenvalue weighted by molar-refractivity contribution is 0.101. The van der Waals surface area contributed by atoms with Crippen molar-refractivity contribution in [2.75, 3.05) is 23.7 Å². The summed E-state index contributed by atoms with van der Waals surface area (Å²) in [6.45, 7) is 2.87. The highest BCUT2D eigenvalue weighted by molar-refractivity contribution is 7.89. The second-order valence-corrected chi connectivity index (χ2v) is 6.62. The fraction of sp³-hybridized carbons (Fsp3) is 0.188. The summed E-state index contributed by atoms with van der Waals surface area (Å²) in [5.74, 6) is 0.0427. The zero-order valence-electron chi connectivity index (χ0n) is 12.7. The topological polar surface area (TPSA) is 101 Å². The van der Waals surface area contributed by atoms with Crippen molar-refractivity contribution < 1.29 is 13.2 Å². The van der Waals surface area contributed by atoms with Gasteiger partial charge < -0.3 is 10.6 Å². The first kappa shape index (κ1) is 17.0. The molecular formula is C16H19N3O3S. The van der Waals surface area contributed by atoms with Gasteiger partial charge in [-0.1, -0.05) is 0 Å². The third-order valence-electron chi connectivity index (χ3n) is 3.26. The Morgan fingerprint density at radius 1 is 0.913 bits per heavy atom. The molecule has 0 radical (unpaired) electrons. The van der Waals surface area contributed by atoms with Gasteiger partial charge in [-0.15, -0.1) is 0 Å². The number of anilines is 2. The van der Waals surface area contributed by atoms with Crippen LogP contribution in [0.5, 0.6) is 0 Å². The number of hydrogen-bond donors (Lipinski definition) is 3. The van der Waals surface area contributed by atoms with E-state index in [-0.39, 0.29) is 10.7 Å². The SMILES string of the molecule is CC(=O)c1ccc(NCCNc2ccc(S(N)(=O)=O)cc2)cc1. The van der Waals surface area contributed by atoms with Crippen LogP contribution in [-0.2, 0) is 10.0 Å². The maximum absolute atomic E-state index is 11.2. The van der Waals surface area contributed by atoms with Gasteiger partial charge in [-0.05, 0) is 55.5 Å². The summed E-state index contributed by atoms with van der Waals surface area (Å²) in [7, 11) is -3.65. The molecule has 0 aliphatic carbocycles. The Kier molecular flexibility index (Phi) is 5.36. The largest absolute Gasteiger partial charge is 0.383 e. The van der Waals surface area contributed by atoms with E-state index < -0.39 is 10.0 Å². The van der Waals surface area contributed by atoms with Crippen molar-refractivity contribution in [2.24, 2.45) is 5.14 Å². The van der Waals surface area contributed by atoms with E-state index in [4.69, 9.17) is 5.14 Å². The normalized spacial score (nSPS) is 11.0. The van der Waals surface area contributed by atoms with Crippen LogP contribution in [0.3, 0.4) is 0 Å². The van der Waals surface area contributed by atoms with Gasteiger partial charge in [0.2, 0.25) is 10.0 Å². The number of benzene rings is 2. The van der Waals surface area contributed by atoms with E-state index in [1.54, 1.807) is 24.3 Å². The van der Waals surface area contributed by atoms with E-state index in [0.29, 0.717) is 18.7 Å². The van der Waals surface area contributed by atoms with E-state index in [1.165, 1.54) is 19.1 Å². The molecular weight excluding hydrogens is 314 g/mol. The number of primary sulfonamides is 1. The van der Waals surface area contributed by atoms with Crippen LogP contribution in [0.2, 0.25) is 0 Å². The number of Topliss-reactive ketones (excluding diaryl/α,β-unsaturated/α-hetero) is 1. The first-order chi connectivity index (χ1) is 10.9. The van der Waals surface area contributed by atoms with Crippen LogP contribution in [0.4, 0.5) is 11.4 Å². The number of rotatable bonds is 7. The van der Waals surface area contributed by atoms with E-state index in [1.807, 2.05) is 12.1 Å². The van der Waals surface area contributed by atoms with Gasteiger partial charge in [-0.2, -0.15) is 0 Å². The number of carbonyl (C=O) groups excluding carboxylic acids is 1. The van der Waals surface area contributed by atoms with Crippen LogP contribution in [0.1, 0.15) is 17.3 Å². The Morgan fingerprint density at radius 2 is 1.35 bits per heavy atom. The molecule has 7 heteroatoms. The zero-order chi connectivity index (χ0) is 16.9. The van der Waals surface area contributed by atoms with E-state index in [9.17, 15) is 13.2 Å². The Morgan fingerprint density at radius 3 is 1.74 bits per heavy atom. The summed E-state index contributed by atoms with van der Waals surface area (Å²) in [5.41, 5.74) is 2.43. The summed E-state index contributed by atoms with van der Waals surface area (Å²) in [6.07, 6.45) is 0. The van der Waals surface area contributed by atoms with E-state index in [2.05, 4.69) is 10.6 Å². The average molecular weight is 333 g/mol. The Balaban J connectivity index is 1.80. The molecule has 2 rings (SSSR count). The number of nitrogens with one attached hydrogen (secondary N) is 2. The van der Waals surface area contributed by atoms with Gasteiger partial charge in [0.15, 0.2) is 5.78 Å². The third-order valence-corrected chi connectivity index (χ3v) is 4.19. The van der Waals surface area contributed by atoms with Crippen LogP contribution in [0, 0.1) is 0 Å². The molecule has 0 aromatic heterocycles. The number of ketones is 1. The fourth-order valence-corrected chi connectivity index (χ4v) is 2.51. The molecule has 0 saturated heterocycles. The molecule has 0 saturated carbocycles. The molecule has 6 nitrogen and oxygen atoms in total. The van der Waals surface area contributed by atoms with Crippen molar-refractivity contribution in [1.82, 2.24) is 0 Å². The van der Waals surface area contributed by atoms with E-state index in [0.717, 1.165) is 11.4 Å². The second-order valence-electron chi connectivity index (χ2n) is 5.06. The first-order valence-electron chi connectivity index (χ1n) is 7.08. The molecule has 2 aromatic carbocycles. The average Bonchev–Trinajstić information content (AvgIpc) is 2.51. The Labute approximate surface area is 135 Å². The molecule has 0 heterocycles. The molecule has 4 N–H and O–H groups in total. The highest BCUT2D eigenvalue weighted by atomic mass is 32.2. The zero-order valence-corrected chi connectivity index (χ0v) is 13.6. The van der Waals surface area contributed by atoms with Crippen molar-refractivity contribution in [3.8, 4) is 0 Å². The molecule has 0 fully saturated rings. The van der Waals surface area contributed by atoms with E-state index >= 15 is 0 Å². The predicted molar refractivity (Wildman–Crippen MR) is 91.2 cm³/mol. The quantitative estimate of drug-likeness (QED) is 0.532. The first-order valence-corrected chi connectivity index (χ1v) is 8.62. The maximum Gasteiger partial charge on any atom is 0.238 e. The molecule has 0 atom stereocenters. The molecule has 0 bridgehead atoms. The Hall–Kier alpha value is -2.38. The van der Waals surface area contributed by atoms with Crippen LogP contribution < -0.4 is 15.8 Å². The minimum absolute atomic E-state index is 0.0427. The molecule has 2 aromatic rings.